The summed E-state index contributed by atoms with van der Waals surface area (Å²) in [5, 5.41) is 7.90. The molecule has 4 rings (SSSR count). The Hall–Kier alpha value is -3.41. The standard InChI is InChI=1S/C19H15FN4O/c1-25-16-8-6-15(7-9-16)22-19-12-21-18-11-10-17(23-24(18)19)13-2-4-14(20)5-3-13/h2-12,22H,1H3. The molecule has 0 fully saturated rings. The molecule has 6 heteroatoms. The predicted octanol–water partition coefficient (Wildman–Crippen LogP) is 4.29. The average Bonchev–Trinajstić information content (AvgIpc) is 3.05. The molecule has 2 aromatic heterocycles. The molecule has 0 radical (unpaired) electrons. The van der Waals surface area contributed by atoms with Crippen molar-refractivity contribution in [1.82, 2.24) is 14.6 Å². The van der Waals surface area contributed by atoms with Crippen molar-refractivity contribution in [3.63, 3.8) is 0 Å². The first-order chi connectivity index (χ1) is 12.2. The van der Waals surface area contributed by atoms with E-state index < -0.39 is 0 Å². The molecule has 0 saturated carbocycles. The maximum atomic E-state index is 13.1. The van der Waals surface area contributed by atoms with Gasteiger partial charge in [-0.3, -0.25) is 0 Å². The van der Waals surface area contributed by atoms with E-state index in [1.807, 2.05) is 36.4 Å². The van der Waals surface area contributed by atoms with Gasteiger partial charge in [0.1, 0.15) is 11.6 Å². The number of nitrogens with zero attached hydrogens (tertiary/aromatic N) is 3. The van der Waals surface area contributed by atoms with Crippen LogP contribution >= 0.6 is 0 Å². The lowest BCUT2D eigenvalue weighted by Gasteiger charge is -2.07. The third-order valence-electron chi connectivity index (χ3n) is 3.86. The molecule has 0 atom stereocenters. The number of benzene rings is 2. The Balaban J connectivity index is 1.69. The van der Waals surface area contributed by atoms with Crippen LogP contribution in [0, 0.1) is 5.82 Å². The molecule has 4 aromatic rings. The lowest BCUT2D eigenvalue weighted by molar-refractivity contribution is 0.415. The van der Waals surface area contributed by atoms with Crippen LogP contribution in [0.5, 0.6) is 5.75 Å². The molecule has 0 spiro atoms. The molecule has 2 aromatic carbocycles. The highest BCUT2D eigenvalue weighted by Crippen LogP contribution is 2.22. The Kier molecular flexibility index (Phi) is 3.78. The number of anilines is 2. The molecule has 0 unspecified atom stereocenters. The van der Waals surface area contributed by atoms with Crippen LogP contribution in [-0.4, -0.2) is 21.7 Å². The first-order valence-corrected chi connectivity index (χ1v) is 7.75. The lowest BCUT2D eigenvalue weighted by Crippen LogP contribution is -2.00. The van der Waals surface area contributed by atoms with E-state index >= 15 is 0 Å². The Morgan fingerprint density at radius 2 is 1.72 bits per heavy atom. The van der Waals surface area contributed by atoms with E-state index in [1.165, 1.54) is 12.1 Å². The normalized spacial score (nSPS) is 10.8. The van der Waals surface area contributed by atoms with E-state index in [2.05, 4.69) is 15.4 Å². The SMILES string of the molecule is COc1ccc(Nc2cnc3ccc(-c4ccc(F)cc4)nn23)cc1. The lowest BCUT2D eigenvalue weighted by atomic mass is 10.1. The van der Waals surface area contributed by atoms with Crippen molar-refractivity contribution in [2.24, 2.45) is 0 Å². The number of hydrogen-bond acceptors (Lipinski definition) is 4. The van der Waals surface area contributed by atoms with Gasteiger partial charge in [-0.25, -0.2) is 9.37 Å². The first-order valence-electron chi connectivity index (χ1n) is 7.75. The monoisotopic (exact) mass is 334 g/mol. The predicted molar refractivity (Wildman–Crippen MR) is 94.7 cm³/mol. The highest BCUT2D eigenvalue weighted by molar-refractivity contribution is 5.64. The van der Waals surface area contributed by atoms with Crippen molar-refractivity contribution >= 4 is 17.2 Å². The van der Waals surface area contributed by atoms with Crippen LogP contribution in [0.3, 0.4) is 0 Å². The minimum Gasteiger partial charge on any atom is -0.497 e. The molecule has 0 aliphatic rings. The van der Waals surface area contributed by atoms with Gasteiger partial charge in [0, 0.05) is 11.3 Å². The summed E-state index contributed by atoms with van der Waals surface area (Å²) in [4.78, 5) is 4.35. The van der Waals surface area contributed by atoms with Gasteiger partial charge in [0.15, 0.2) is 11.5 Å². The van der Waals surface area contributed by atoms with E-state index in [0.29, 0.717) is 0 Å². The van der Waals surface area contributed by atoms with Crippen LogP contribution in [0.1, 0.15) is 0 Å². The van der Waals surface area contributed by atoms with E-state index in [0.717, 1.165) is 34.2 Å². The van der Waals surface area contributed by atoms with Crippen LogP contribution in [-0.2, 0) is 0 Å². The number of imidazole rings is 1. The summed E-state index contributed by atoms with van der Waals surface area (Å²) in [6, 6.07) is 17.6. The van der Waals surface area contributed by atoms with Crippen molar-refractivity contribution in [3.05, 3.63) is 72.7 Å². The Bertz CT molecular complexity index is 1010. The Morgan fingerprint density at radius 3 is 2.44 bits per heavy atom. The van der Waals surface area contributed by atoms with Gasteiger partial charge < -0.3 is 10.1 Å². The number of halogens is 1. The molecule has 2 heterocycles. The van der Waals surface area contributed by atoms with Crippen molar-refractivity contribution in [1.29, 1.82) is 0 Å². The molecule has 0 saturated heterocycles. The molecule has 0 aliphatic heterocycles. The van der Waals surface area contributed by atoms with Gasteiger partial charge in [0.25, 0.3) is 0 Å². The zero-order valence-electron chi connectivity index (χ0n) is 13.5. The van der Waals surface area contributed by atoms with Crippen LogP contribution < -0.4 is 10.1 Å². The molecular weight excluding hydrogens is 319 g/mol. The highest BCUT2D eigenvalue weighted by Gasteiger charge is 2.08. The summed E-state index contributed by atoms with van der Waals surface area (Å²) >= 11 is 0. The van der Waals surface area contributed by atoms with Crippen LogP contribution in [0.15, 0.2) is 66.9 Å². The van der Waals surface area contributed by atoms with Crippen molar-refractivity contribution < 1.29 is 9.13 Å². The minimum atomic E-state index is -0.269. The van der Waals surface area contributed by atoms with E-state index in [1.54, 1.807) is 30.0 Å². The van der Waals surface area contributed by atoms with Crippen LogP contribution in [0.25, 0.3) is 16.9 Å². The maximum absolute atomic E-state index is 13.1. The third-order valence-corrected chi connectivity index (χ3v) is 3.86. The molecular formula is C19H15FN4O. The molecule has 0 bridgehead atoms. The summed E-state index contributed by atoms with van der Waals surface area (Å²) in [7, 11) is 1.63. The Labute approximate surface area is 143 Å². The summed E-state index contributed by atoms with van der Waals surface area (Å²) < 4.78 is 20.0. The second-order valence-corrected chi connectivity index (χ2v) is 5.49. The highest BCUT2D eigenvalue weighted by atomic mass is 19.1. The number of methoxy groups -OCH3 is 1. The van der Waals surface area contributed by atoms with E-state index in [9.17, 15) is 4.39 Å². The summed E-state index contributed by atoms with van der Waals surface area (Å²) in [5.41, 5.74) is 3.20. The molecule has 0 amide bonds. The van der Waals surface area contributed by atoms with Crippen LogP contribution in [0.4, 0.5) is 15.9 Å². The molecule has 1 N–H and O–H groups in total. The summed E-state index contributed by atoms with van der Waals surface area (Å²) in [6.45, 7) is 0. The maximum Gasteiger partial charge on any atom is 0.155 e. The number of nitrogens with one attached hydrogen (secondary N) is 1. The molecule has 25 heavy (non-hydrogen) atoms. The average molecular weight is 334 g/mol. The van der Waals surface area contributed by atoms with Gasteiger partial charge in [0.2, 0.25) is 0 Å². The molecule has 124 valence electrons. The largest absolute Gasteiger partial charge is 0.497 e. The van der Waals surface area contributed by atoms with Gasteiger partial charge in [-0.2, -0.15) is 9.61 Å². The molecule has 5 nitrogen and oxygen atoms in total. The van der Waals surface area contributed by atoms with Gasteiger partial charge in [-0.1, -0.05) is 0 Å². The van der Waals surface area contributed by atoms with E-state index in [4.69, 9.17) is 4.74 Å². The smallest absolute Gasteiger partial charge is 0.155 e. The Morgan fingerprint density at radius 1 is 0.960 bits per heavy atom. The number of rotatable bonds is 4. The topological polar surface area (TPSA) is 51.5 Å². The fourth-order valence-electron chi connectivity index (χ4n) is 2.56. The van der Waals surface area contributed by atoms with E-state index in [-0.39, 0.29) is 5.82 Å². The number of fused-ring (bicyclic) bond motifs is 1. The first kappa shape index (κ1) is 15.1. The van der Waals surface area contributed by atoms with Gasteiger partial charge in [-0.05, 0) is 60.7 Å². The number of ether oxygens (including phenoxy) is 1. The fourth-order valence-corrected chi connectivity index (χ4v) is 2.56. The summed E-state index contributed by atoms with van der Waals surface area (Å²) in [6.07, 6.45) is 1.72. The molecule has 0 aliphatic carbocycles. The second-order valence-electron chi connectivity index (χ2n) is 5.49. The van der Waals surface area contributed by atoms with Crippen molar-refractivity contribution in [2.45, 2.75) is 0 Å². The van der Waals surface area contributed by atoms with Gasteiger partial charge >= 0.3 is 0 Å². The minimum absolute atomic E-state index is 0.269. The quantitative estimate of drug-likeness (QED) is 0.605. The third kappa shape index (κ3) is 3.01. The van der Waals surface area contributed by atoms with Gasteiger partial charge in [-0.15, -0.1) is 0 Å². The summed E-state index contributed by atoms with van der Waals surface area (Å²) in [5.74, 6) is 1.26. The number of aromatic nitrogens is 3. The zero-order chi connectivity index (χ0) is 17.2. The number of hydrogen-bond donors (Lipinski definition) is 1. The zero-order valence-corrected chi connectivity index (χ0v) is 13.5. The van der Waals surface area contributed by atoms with Crippen molar-refractivity contribution in [3.8, 4) is 17.0 Å². The second kappa shape index (κ2) is 6.24. The van der Waals surface area contributed by atoms with Gasteiger partial charge in [0.05, 0.1) is 19.0 Å². The van der Waals surface area contributed by atoms with Crippen molar-refractivity contribution in [2.75, 3.05) is 12.4 Å². The van der Waals surface area contributed by atoms with Crippen LogP contribution in [0.2, 0.25) is 0 Å². The fraction of sp³-hybridized carbons (Fsp3) is 0.0526.